The Morgan fingerprint density at radius 1 is 1.31 bits per heavy atom. The molecule has 0 atom stereocenters. The van der Waals surface area contributed by atoms with Crippen LogP contribution in [0.2, 0.25) is 0 Å². The van der Waals surface area contributed by atoms with Crippen LogP contribution in [0.25, 0.3) is 11.0 Å². The van der Waals surface area contributed by atoms with E-state index in [1.807, 2.05) is 25.0 Å². The van der Waals surface area contributed by atoms with E-state index in [0.717, 1.165) is 59.1 Å². The number of rotatable bonds is 3. The van der Waals surface area contributed by atoms with Crippen molar-refractivity contribution in [3.8, 4) is 0 Å². The summed E-state index contributed by atoms with van der Waals surface area (Å²) in [5.74, 6) is 3.31. The Morgan fingerprint density at radius 2 is 2.19 bits per heavy atom. The van der Waals surface area contributed by atoms with Crippen LogP contribution in [0.5, 0.6) is 0 Å². The summed E-state index contributed by atoms with van der Waals surface area (Å²) < 4.78 is 3.41. The highest BCUT2D eigenvalue weighted by atomic mass is 32.2. The molecule has 9 heteroatoms. The Labute approximate surface area is 154 Å². The van der Waals surface area contributed by atoms with Crippen molar-refractivity contribution in [3.63, 3.8) is 0 Å². The van der Waals surface area contributed by atoms with Gasteiger partial charge in [-0.05, 0) is 11.3 Å². The van der Waals surface area contributed by atoms with Crippen LogP contribution in [0.15, 0.2) is 23.4 Å². The van der Waals surface area contributed by atoms with E-state index >= 15 is 0 Å². The van der Waals surface area contributed by atoms with Crippen LogP contribution in [0, 0.1) is 5.92 Å². The number of nitrogens with zero attached hydrogens (tertiary/aromatic N) is 7. The highest BCUT2D eigenvalue weighted by Gasteiger charge is 2.30. The number of aryl methyl sites for hydroxylation is 2. The van der Waals surface area contributed by atoms with Crippen molar-refractivity contribution in [2.45, 2.75) is 18.7 Å². The van der Waals surface area contributed by atoms with Crippen molar-refractivity contribution < 1.29 is 0 Å². The van der Waals surface area contributed by atoms with Gasteiger partial charge in [-0.2, -0.15) is 22.0 Å². The van der Waals surface area contributed by atoms with E-state index in [0.29, 0.717) is 12.5 Å². The van der Waals surface area contributed by atoms with E-state index in [-0.39, 0.29) is 5.56 Å². The zero-order valence-electron chi connectivity index (χ0n) is 14.5. The topological polar surface area (TPSA) is 81.7 Å². The maximum atomic E-state index is 12.3. The smallest absolute Gasteiger partial charge is 0.267 e. The first-order valence-corrected chi connectivity index (χ1v) is 9.90. The van der Waals surface area contributed by atoms with Crippen molar-refractivity contribution in [2.75, 3.05) is 23.7 Å². The molecular weight excluding hydrogens is 350 g/mol. The van der Waals surface area contributed by atoms with Crippen LogP contribution in [-0.2, 0) is 25.8 Å². The van der Waals surface area contributed by atoms with Crippen molar-refractivity contribution >= 4 is 28.6 Å². The molecule has 134 valence electrons. The molecule has 3 aromatic heterocycles. The SMILES string of the molecule is Cn1ncc2c(N3CC(Cn4nc5c(cc4=O)CSCC5)C3)ncnc21. The average molecular weight is 369 g/mol. The Bertz CT molecular complexity index is 1040. The van der Waals surface area contributed by atoms with Gasteiger partial charge in [-0.1, -0.05) is 0 Å². The highest BCUT2D eigenvalue weighted by Crippen LogP contribution is 2.29. The molecule has 2 aliphatic rings. The quantitative estimate of drug-likeness (QED) is 0.677. The zero-order chi connectivity index (χ0) is 17.7. The summed E-state index contributed by atoms with van der Waals surface area (Å²) in [4.78, 5) is 23.3. The first kappa shape index (κ1) is 15.8. The van der Waals surface area contributed by atoms with Gasteiger partial charge in [0.05, 0.1) is 23.8 Å². The van der Waals surface area contributed by atoms with Gasteiger partial charge < -0.3 is 4.90 Å². The molecule has 0 spiro atoms. The first-order valence-electron chi connectivity index (χ1n) is 8.74. The minimum absolute atomic E-state index is 0.0152. The third-order valence-electron chi connectivity index (χ3n) is 5.10. The standard InChI is InChI=1S/C17H19N7OS/c1-22-16-13(5-20-22)17(19-10-18-16)23-6-11(7-23)8-24-15(25)4-12-9-26-3-2-14(12)21-24/h4-5,10-11H,2-3,6-9H2,1H3. The summed E-state index contributed by atoms with van der Waals surface area (Å²) in [6.07, 6.45) is 4.35. The van der Waals surface area contributed by atoms with E-state index in [4.69, 9.17) is 0 Å². The molecular formula is C17H19N7OS. The summed E-state index contributed by atoms with van der Waals surface area (Å²) in [6.45, 7) is 2.39. The third kappa shape index (κ3) is 2.57. The van der Waals surface area contributed by atoms with Crippen LogP contribution in [-0.4, -0.2) is 48.4 Å². The molecule has 0 saturated carbocycles. The minimum Gasteiger partial charge on any atom is -0.355 e. The molecule has 0 radical (unpaired) electrons. The monoisotopic (exact) mass is 369 g/mol. The zero-order valence-corrected chi connectivity index (χ0v) is 15.3. The maximum Gasteiger partial charge on any atom is 0.267 e. The van der Waals surface area contributed by atoms with Gasteiger partial charge in [0.25, 0.3) is 5.56 Å². The average Bonchev–Trinajstić information content (AvgIpc) is 3.00. The fraction of sp³-hybridized carbons (Fsp3) is 0.471. The van der Waals surface area contributed by atoms with Crippen LogP contribution < -0.4 is 10.5 Å². The third-order valence-corrected chi connectivity index (χ3v) is 6.11. The summed E-state index contributed by atoms with van der Waals surface area (Å²) >= 11 is 1.87. The molecule has 0 unspecified atom stereocenters. The summed E-state index contributed by atoms with van der Waals surface area (Å²) in [5, 5.41) is 9.85. The molecule has 5 rings (SSSR count). The second kappa shape index (κ2) is 6.08. The Hall–Kier alpha value is -2.42. The predicted molar refractivity (Wildman–Crippen MR) is 100 cm³/mol. The minimum atomic E-state index is 0.0152. The molecule has 0 aromatic carbocycles. The summed E-state index contributed by atoms with van der Waals surface area (Å²) in [5.41, 5.74) is 3.05. The van der Waals surface area contributed by atoms with Gasteiger partial charge in [-0.15, -0.1) is 0 Å². The second-order valence-corrected chi connectivity index (χ2v) is 8.02. The van der Waals surface area contributed by atoms with Gasteiger partial charge in [-0.25, -0.2) is 14.6 Å². The number of fused-ring (bicyclic) bond motifs is 2. The van der Waals surface area contributed by atoms with E-state index in [2.05, 4.69) is 25.1 Å². The van der Waals surface area contributed by atoms with Gasteiger partial charge in [0.2, 0.25) is 0 Å². The fourth-order valence-electron chi connectivity index (χ4n) is 3.69. The van der Waals surface area contributed by atoms with Crippen molar-refractivity contribution in [1.82, 2.24) is 29.5 Å². The molecule has 8 nitrogen and oxygen atoms in total. The molecule has 3 aromatic rings. The number of hydrogen-bond donors (Lipinski definition) is 0. The van der Waals surface area contributed by atoms with Gasteiger partial charge in [0.1, 0.15) is 12.1 Å². The largest absolute Gasteiger partial charge is 0.355 e. The predicted octanol–water partition coefficient (Wildman–Crippen LogP) is 0.846. The number of aromatic nitrogens is 6. The lowest BCUT2D eigenvalue weighted by atomic mass is 10.00. The Morgan fingerprint density at radius 3 is 3.08 bits per heavy atom. The molecule has 0 bridgehead atoms. The van der Waals surface area contributed by atoms with Crippen LogP contribution in [0.3, 0.4) is 0 Å². The summed E-state index contributed by atoms with van der Waals surface area (Å²) in [6, 6.07) is 1.77. The number of hydrogen-bond acceptors (Lipinski definition) is 7. The van der Waals surface area contributed by atoms with Gasteiger partial charge in [0, 0.05) is 44.3 Å². The van der Waals surface area contributed by atoms with Crippen molar-refractivity contribution in [1.29, 1.82) is 0 Å². The lowest BCUT2D eigenvalue weighted by Crippen LogP contribution is -2.50. The lowest BCUT2D eigenvalue weighted by molar-refractivity contribution is 0.331. The first-order chi connectivity index (χ1) is 12.7. The van der Waals surface area contributed by atoms with Gasteiger partial charge >= 0.3 is 0 Å². The molecule has 1 fully saturated rings. The highest BCUT2D eigenvalue weighted by molar-refractivity contribution is 7.98. The van der Waals surface area contributed by atoms with Crippen LogP contribution >= 0.6 is 11.8 Å². The van der Waals surface area contributed by atoms with Crippen molar-refractivity contribution in [3.05, 3.63) is 40.2 Å². The van der Waals surface area contributed by atoms with Gasteiger partial charge in [-0.3, -0.25) is 9.48 Å². The number of anilines is 1. The molecule has 0 amide bonds. The summed E-state index contributed by atoms with van der Waals surface area (Å²) in [7, 11) is 1.88. The molecule has 2 aliphatic heterocycles. The molecule has 0 aliphatic carbocycles. The Balaban J connectivity index is 1.32. The van der Waals surface area contributed by atoms with E-state index in [1.54, 1.807) is 21.8 Å². The van der Waals surface area contributed by atoms with Gasteiger partial charge in [0.15, 0.2) is 5.65 Å². The molecule has 0 N–H and O–H groups in total. The molecule has 26 heavy (non-hydrogen) atoms. The fourth-order valence-corrected chi connectivity index (χ4v) is 4.64. The lowest BCUT2D eigenvalue weighted by Gasteiger charge is -2.40. The van der Waals surface area contributed by atoms with Crippen LogP contribution in [0.4, 0.5) is 5.82 Å². The maximum absolute atomic E-state index is 12.3. The van der Waals surface area contributed by atoms with E-state index in [9.17, 15) is 4.79 Å². The van der Waals surface area contributed by atoms with E-state index in [1.165, 1.54) is 0 Å². The van der Waals surface area contributed by atoms with Crippen molar-refractivity contribution in [2.24, 2.45) is 13.0 Å². The normalized spacial score (nSPS) is 17.3. The van der Waals surface area contributed by atoms with E-state index < -0.39 is 0 Å². The van der Waals surface area contributed by atoms with Crippen LogP contribution in [0.1, 0.15) is 11.3 Å². The Kier molecular flexibility index (Phi) is 3.70. The second-order valence-electron chi connectivity index (χ2n) is 6.91. The molecule has 5 heterocycles. The molecule has 1 saturated heterocycles. The number of thioether (sulfide) groups is 1.